The minimum atomic E-state index is -0.879. The van der Waals surface area contributed by atoms with E-state index in [1.807, 2.05) is 0 Å². The largest absolute Gasteiger partial charge is 0.455 e. The van der Waals surface area contributed by atoms with E-state index < -0.39 is 23.2 Å². The summed E-state index contributed by atoms with van der Waals surface area (Å²) < 4.78 is 32.3. The highest BCUT2D eigenvalue weighted by Gasteiger charge is 2.25. The molecule has 108 valence electrons. The molecule has 2 aromatic rings. The quantitative estimate of drug-likeness (QED) is 0.923. The molecule has 0 radical (unpaired) electrons. The monoisotopic (exact) mass is 291 g/mol. The van der Waals surface area contributed by atoms with Gasteiger partial charge >= 0.3 is 0 Å². The lowest BCUT2D eigenvalue weighted by Crippen LogP contribution is -2.13. The molecule has 1 amide bonds. The number of carbonyl (C=O) groups excluding carboxylic acids is 2. The summed E-state index contributed by atoms with van der Waals surface area (Å²) in [5, 5.41) is 2.12. The first-order chi connectivity index (χ1) is 10.1. The average Bonchev–Trinajstić information content (AvgIpc) is 2.88. The summed E-state index contributed by atoms with van der Waals surface area (Å²) >= 11 is 0. The summed E-state index contributed by atoms with van der Waals surface area (Å²) in [5.74, 6) is -2.31. The number of nitrogens with one attached hydrogen (secondary N) is 1. The van der Waals surface area contributed by atoms with Crippen molar-refractivity contribution in [3.8, 4) is 0 Å². The van der Waals surface area contributed by atoms with Crippen molar-refractivity contribution >= 4 is 17.4 Å². The zero-order valence-corrected chi connectivity index (χ0v) is 10.9. The van der Waals surface area contributed by atoms with Gasteiger partial charge in [-0.1, -0.05) is 6.07 Å². The number of hydrogen-bond acceptors (Lipinski definition) is 3. The minimum absolute atomic E-state index is 0.0869. The number of hydrogen-bond donors (Lipinski definition) is 1. The van der Waals surface area contributed by atoms with E-state index in [0.717, 1.165) is 12.1 Å². The highest BCUT2D eigenvalue weighted by Crippen LogP contribution is 2.26. The van der Waals surface area contributed by atoms with Crippen molar-refractivity contribution in [3.63, 3.8) is 0 Å². The second-order valence-electron chi connectivity index (χ2n) is 4.78. The van der Waals surface area contributed by atoms with Gasteiger partial charge in [0.15, 0.2) is 11.5 Å². The fourth-order valence-corrected chi connectivity index (χ4v) is 2.30. The Morgan fingerprint density at radius 2 is 1.90 bits per heavy atom. The molecule has 0 saturated carbocycles. The van der Waals surface area contributed by atoms with E-state index in [1.54, 1.807) is 0 Å². The molecule has 0 unspecified atom stereocenters. The van der Waals surface area contributed by atoms with E-state index in [1.165, 1.54) is 12.1 Å². The zero-order chi connectivity index (χ0) is 15.0. The average molecular weight is 291 g/mol. The third-order valence-electron chi connectivity index (χ3n) is 3.34. The van der Waals surface area contributed by atoms with Crippen LogP contribution in [-0.4, -0.2) is 11.7 Å². The Bertz CT molecular complexity index is 716. The maximum atomic E-state index is 13.5. The van der Waals surface area contributed by atoms with Crippen LogP contribution in [0.5, 0.6) is 0 Å². The molecule has 0 fully saturated rings. The summed E-state index contributed by atoms with van der Waals surface area (Å²) in [5.41, 5.74) is -0.163. The summed E-state index contributed by atoms with van der Waals surface area (Å²) in [7, 11) is 0. The predicted octanol–water partition coefficient (Wildman–Crippen LogP) is 3.33. The lowest BCUT2D eigenvalue weighted by atomic mass is 9.97. The van der Waals surface area contributed by atoms with Gasteiger partial charge in [-0.05, 0) is 18.6 Å². The molecule has 1 aromatic heterocycles. The third-order valence-corrected chi connectivity index (χ3v) is 3.34. The van der Waals surface area contributed by atoms with Gasteiger partial charge in [-0.2, -0.15) is 0 Å². The van der Waals surface area contributed by atoms with Crippen molar-refractivity contribution in [3.05, 3.63) is 53.0 Å². The fourth-order valence-electron chi connectivity index (χ4n) is 2.30. The summed E-state index contributed by atoms with van der Waals surface area (Å²) in [6.45, 7) is 0. The van der Waals surface area contributed by atoms with Crippen LogP contribution in [-0.2, 0) is 6.42 Å². The number of fused-ring (bicyclic) bond motifs is 1. The smallest absolute Gasteiger partial charge is 0.291 e. The van der Waals surface area contributed by atoms with Gasteiger partial charge in [0.1, 0.15) is 23.1 Å². The van der Waals surface area contributed by atoms with Crippen LogP contribution in [0.1, 0.15) is 39.5 Å². The third kappa shape index (κ3) is 2.44. The van der Waals surface area contributed by atoms with Gasteiger partial charge in [0.2, 0.25) is 0 Å². The predicted molar refractivity (Wildman–Crippen MR) is 70.3 cm³/mol. The number of amides is 1. The molecule has 0 atom stereocenters. The zero-order valence-electron chi connectivity index (χ0n) is 10.9. The van der Waals surface area contributed by atoms with E-state index in [9.17, 15) is 18.4 Å². The van der Waals surface area contributed by atoms with Gasteiger partial charge in [-0.25, -0.2) is 8.78 Å². The molecule has 0 bridgehead atoms. The second-order valence-corrected chi connectivity index (χ2v) is 4.78. The van der Waals surface area contributed by atoms with Gasteiger partial charge in [0, 0.05) is 18.9 Å². The van der Waals surface area contributed by atoms with E-state index in [0.29, 0.717) is 30.6 Å². The van der Waals surface area contributed by atoms with Gasteiger partial charge in [0.05, 0.1) is 5.56 Å². The topological polar surface area (TPSA) is 59.3 Å². The van der Waals surface area contributed by atoms with Crippen molar-refractivity contribution in [1.29, 1.82) is 0 Å². The Kier molecular flexibility index (Phi) is 3.29. The minimum Gasteiger partial charge on any atom is -0.455 e. The Balaban J connectivity index is 1.88. The number of anilines is 1. The Hall–Kier alpha value is -2.50. The number of benzene rings is 1. The molecule has 6 heteroatoms. The van der Waals surface area contributed by atoms with Gasteiger partial charge in [-0.3, -0.25) is 9.59 Å². The van der Waals surface area contributed by atoms with Crippen LogP contribution in [0.15, 0.2) is 28.7 Å². The summed E-state index contributed by atoms with van der Waals surface area (Å²) in [4.78, 5) is 23.7. The Morgan fingerprint density at radius 3 is 2.57 bits per heavy atom. The molecule has 4 nitrogen and oxygen atoms in total. The van der Waals surface area contributed by atoms with Crippen LogP contribution in [0.3, 0.4) is 0 Å². The molecule has 3 rings (SSSR count). The number of carbonyl (C=O) groups is 2. The van der Waals surface area contributed by atoms with Crippen molar-refractivity contribution in [1.82, 2.24) is 0 Å². The first kappa shape index (κ1) is 13.5. The van der Waals surface area contributed by atoms with Gasteiger partial charge in [-0.15, -0.1) is 0 Å². The first-order valence-electron chi connectivity index (χ1n) is 6.47. The van der Waals surface area contributed by atoms with E-state index in [2.05, 4.69) is 5.32 Å². The fraction of sp³-hybridized carbons (Fsp3) is 0.200. The number of rotatable bonds is 2. The molecular formula is C15H11F2NO3. The molecule has 0 aliphatic heterocycles. The van der Waals surface area contributed by atoms with E-state index in [-0.39, 0.29) is 11.5 Å². The molecule has 1 heterocycles. The number of para-hydroxylation sites is 1. The molecule has 1 aliphatic carbocycles. The number of ketones is 1. The lowest BCUT2D eigenvalue weighted by Gasteiger charge is -2.06. The number of Topliss-reactive ketones (excluding diaryl/α,β-unsaturated/α-hetero) is 1. The van der Waals surface area contributed by atoms with Crippen molar-refractivity contribution < 1.29 is 22.8 Å². The normalized spacial score (nSPS) is 13.9. The van der Waals surface area contributed by atoms with Crippen LogP contribution < -0.4 is 5.32 Å². The Morgan fingerprint density at radius 1 is 1.19 bits per heavy atom. The molecule has 1 aliphatic rings. The summed E-state index contributed by atoms with van der Waals surface area (Å²) in [6, 6.07) is 4.60. The van der Waals surface area contributed by atoms with Crippen LogP contribution in [0.2, 0.25) is 0 Å². The van der Waals surface area contributed by atoms with Crippen LogP contribution in [0.4, 0.5) is 14.5 Å². The second kappa shape index (κ2) is 5.12. The van der Waals surface area contributed by atoms with Crippen molar-refractivity contribution in [2.75, 3.05) is 5.32 Å². The van der Waals surface area contributed by atoms with Crippen molar-refractivity contribution in [2.24, 2.45) is 0 Å². The van der Waals surface area contributed by atoms with Crippen LogP contribution in [0, 0.1) is 11.6 Å². The SMILES string of the molecule is O=C(Nc1c(F)cccc1F)c1cc2c(o1)CCCC2=O. The van der Waals surface area contributed by atoms with Crippen LogP contribution in [0.25, 0.3) is 0 Å². The highest BCUT2D eigenvalue weighted by molar-refractivity contribution is 6.05. The van der Waals surface area contributed by atoms with Crippen molar-refractivity contribution in [2.45, 2.75) is 19.3 Å². The number of furan rings is 1. The maximum absolute atomic E-state index is 13.5. The van der Waals surface area contributed by atoms with Crippen LogP contribution >= 0.6 is 0 Å². The molecule has 1 N–H and O–H groups in total. The molecule has 1 aromatic carbocycles. The summed E-state index contributed by atoms with van der Waals surface area (Å²) in [6.07, 6.45) is 1.65. The van der Waals surface area contributed by atoms with Gasteiger partial charge in [0.25, 0.3) is 5.91 Å². The number of halogens is 2. The molecular weight excluding hydrogens is 280 g/mol. The highest BCUT2D eigenvalue weighted by atomic mass is 19.1. The number of aryl methyl sites for hydroxylation is 1. The van der Waals surface area contributed by atoms with E-state index in [4.69, 9.17) is 4.42 Å². The standard InChI is InChI=1S/C15H11F2NO3/c16-9-3-1-4-10(17)14(9)18-15(20)13-7-8-11(19)5-2-6-12(8)21-13/h1,3-4,7H,2,5-6H2,(H,18,20). The molecule has 0 saturated heterocycles. The Labute approximate surface area is 118 Å². The van der Waals surface area contributed by atoms with E-state index >= 15 is 0 Å². The molecule has 21 heavy (non-hydrogen) atoms. The lowest BCUT2D eigenvalue weighted by molar-refractivity contribution is 0.0963. The van der Waals surface area contributed by atoms with Gasteiger partial charge < -0.3 is 9.73 Å². The maximum Gasteiger partial charge on any atom is 0.291 e. The first-order valence-corrected chi connectivity index (χ1v) is 6.47. The molecule has 0 spiro atoms.